The fraction of sp³-hybridized carbons (Fsp3) is 0.154. The van der Waals surface area contributed by atoms with Crippen LogP contribution in [0.2, 0.25) is 0 Å². The molecule has 0 radical (unpaired) electrons. The average molecular weight is 558 g/mol. The summed E-state index contributed by atoms with van der Waals surface area (Å²) in [6.45, 7) is 0.144. The molecule has 5 N–H and O–H groups in total. The summed E-state index contributed by atoms with van der Waals surface area (Å²) in [5.41, 5.74) is 1.40. The number of carboxylic acid groups (broad SMARTS) is 2. The minimum Gasteiger partial charge on any atom is -0.497 e. The Labute approximate surface area is 223 Å². The van der Waals surface area contributed by atoms with Crippen LogP contribution in [0.1, 0.15) is 27.0 Å². The number of nitrogens with one attached hydrogen (secondary N) is 2. The molecule has 14 heteroatoms. The van der Waals surface area contributed by atoms with E-state index in [1.807, 2.05) is 24.3 Å². The highest BCUT2D eigenvalue weighted by molar-refractivity contribution is 6.00. The van der Waals surface area contributed by atoms with Crippen LogP contribution in [-0.2, 0) is 17.1 Å². The first kappa shape index (κ1) is 27.9. The van der Waals surface area contributed by atoms with Crippen LogP contribution in [0.5, 0.6) is 5.75 Å². The lowest BCUT2D eigenvalue weighted by molar-refractivity contribution is -0.192. The van der Waals surface area contributed by atoms with Crippen molar-refractivity contribution in [3.63, 3.8) is 0 Å². The second kappa shape index (κ2) is 10.6. The number of rotatable bonds is 5. The number of ether oxygens (including phenoxy) is 1. The van der Waals surface area contributed by atoms with Gasteiger partial charge in [-0.2, -0.15) is 13.2 Å². The van der Waals surface area contributed by atoms with Crippen LogP contribution < -0.4 is 10.1 Å². The Morgan fingerprint density at radius 1 is 1.07 bits per heavy atom. The van der Waals surface area contributed by atoms with Gasteiger partial charge in [0.1, 0.15) is 5.75 Å². The van der Waals surface area contributed by atoms with Crippen molar-refractivity contribution in [2.75, 3.05) is 12.4 Å². The van der Waals surface area contributed by atoms with Gasteiger partial charge in [-0.1, -0.05) is 36.4 Å². The summed E-state index contributed by atoms with van der Waals surface area (Å²) in [5.74, 6) is -2.34. The molecule has 2 amide bonds. The number of alkyl halides is 3. The molecular weight excluding hydrogens is 537 g/mol. The van der Waals surface area contributed by atoms with Gasteiger partial charge in [-0.25, -0.2) is 14.6 Å². The molecule has 0 saturated heterocycles. The van der Waals surface area contributed by atoms with Crippen molar-refractivity contribution in [2.45, 2.75) is 18.4 Å². The average Bonchev–Trinajstić information content (AvgIpc) is 3.40. The fourth-order valence-corrected chi connectivity index (χ4v) is 4.25. The number of hydrogen-bond acceptors (Lipinski definition) is 6. The molecule has 0 bridgehead atoms. The number of aliphatic carboxylic acids is 1. The molecule has 0 fully saturated rings. The molecule has 1 aliphatic heterocycles. The standard InChI is InChI=1S/C24H20N4O5.C2HF3O2/c1-33-16-6-4-5-14(11-16)13-28-21(29)17-7-2-3-8-18(17)24(28,32)15-9-10-19-20(12-15)26-22(25-19)27-23(30)31;3-2(4,5)1(6)7/h2-12,32H,13H2,1H3,(H,30,31)(H2,25,26,27);(H,6,7). The van der Waals surface area contributed by atoms with Gasteiger partial charge in [0.25, 0.3) is 5.91 Å². The first-order valence-electron chi connectivity index (χ1n) is 11.4. The van der Waals surface area contributed by atoms with Crippen molar-refractivity contribution in [1.82, 2.24) is 14.9 Å². The number of aliphatic hydroxyl groups is 1. The molecule has 1 aliphatic rings. The Morgan fingerprint density at radius 3 is 2.42 bits per heavy atom. The van der Waals surface area contributed by atoms with Gasteiger partial charge in [0.2, 0.25) is 5.95 Å². The Bertz CT molecular complexity index is 1600. The van der Waals surface area contributed by atoms with Crippen molar-refractivity contribution >= 4 is 35.0 Å². The van der Waals surface area contributed by atoms with Crippen molar-refractivity contribution in [2.24, 2.45) is 0 Å². The van der Waals surface area contributed by atoms with Crippen LogP contribution in [0.4, 0.5) is 23.9 Å². The van der Waals surface area contributed by atoms with E-state index in [0.29, 0.717) is 33.5 Å². The molecule has 4 aromatic rings. The number of hydrogen-bond donors (Lipinski definition) is 5. The van der Waals surface area contributed by atoms with Crippen molar-refractivity contribution in [3.05, 3.63) is 89.0 Å². The molecule has 1 unspecified atom stereocenters. The van der Waals surface area contributed by atoms with Crippen LogP contribution in [-0.4, -0.2) is 61.4 Å². The maximum Gasteiger partial charge on any atom is 0.490 e. The number of amides is 2. The molecule has 40 heavy (non-hydrogen) atoms. The number of carbonyl (C=O) groups is 3. The predicted octanol–water partition coefficient (Wildman–Crippen LogP) is 4.14. The maximum absolute atomic E-state index is 13.4. The molecule has 2 heterocycles. The minimum atomic E-state index is -5.08. The third-order valence-electron chi connectivity index (χ3n) is 6.00. The molecule has 1 atom stereocenters. The maximum atomic E-state index is 13.4. The molecule has 208 valence electrons. The summed E-state index contributed by atoms with van der Waals surface area (Å²) in [6.07, 6.45) is -6.33. The highest BCUT2D eigenvalue weighted by Crippen LogP contribution is 2.43. The number of imidazole rings is 1. The van der Waals surface area contributed by atoms with E-state index < -0.39 is 24.0 Å². The van der Waals surface area contributed by atoms with E-state index >= 15 is 0 Å². The van der Waals surface area contributed by atoms with Gasteiger partial charge in [-0.15, -0.1) is 0 Å². The summed E-state index contributed by atoms with van der Waals surface area (Å²) in [4.78, 5) is 41.7. The van der Waals surface area contributed by atoms with Gasteiger partial charge < -0.3 is 25.0 Å². The van der Waals surface area contributed by atoms with Crippen molar-refractivity contribution in [1.29, 1.82) is 0 Å². The van der Waals surface area contributed by atoms with Crippen molar-refractivity contribution < 1.29 is 47.6 Å². The molecule has 3 aromatic carbocycles. The molecule has 0 saturated carbocycles. The third kappa shape index (κ3) is 5.37. The van der Waals surface area contributed by atoms with E-state index in [0.717, 1.165) is 5.56 Å². The van der Waals surface area contributed by atoms with E-state index in [-0.39, 0.29) is 18.4 Å². The lowest BCUT2D eigenvalue weighted by Crippen LogP contribution is -2.44. The summed E-state index contributed by atoms with van der Waals surface area (Å²) in [5, 5.41) is 30.3. The van der Waals surface area contributed by atoms with E-state index in [2.05, 4.69) is 15.3 Å². The van der Waals surface area contributed by atoms with Crippen LogP contribution in [0.15, 0.2) is 66.7 Å². The molecule has 0 aliphatic carbocycles. The molecular formula is C26H21F3N4O7. The Hall–Kier alpha value is -5.11. The first-order valence-corrected chi connectivity index (χ1v) is 11.4. The number of carboxylic acids is 1. The minimum absolute atomic E-state index is 0.0674. The lowest BCUT2D eigenvalue weighted by Gasteiger charge is -2.35. The number of anilines is 1. The van der Waals surface area contributed by atoms with Gasteiger partial charge in [-0.05, 0) is 35.9 Å². The number of benzene rings is 3. The monoisotopic (exact) mass is 558 g/mol. The van der Waals surface area contributed by atoms with E-state index in [4.69, 9.17) is 19.7 Å². The normalized spacial score (nSPS) is 16.2. The van der Waals surface area contributed by atoms with E-state index in [9.17, 15) is 27.9 Å². The summed E-state index contributed by atoms with van der Waals surface area (Å²) >= 11 is 0. The van der Waals surface area contributed by atoms with E-state index in [1.165, 1.54) is 4.90 Å². The molecule has 0 spiro atoms. The highest BCUT2D eigenvalue weighted by atomic mass is 19.4. The molecule has 1 aromatic heterocycles. The third-order valence-corrected chi connectivity index (χ3v) is 6.00. The topological polar surface area (TPSA) is 165 Å². The van der Waals surface area contributed by atoms with Crippen LogP contribution in [0.25, 0.3) is 11.0 Å². The Morgan fingerprint density at radius 2 is 1.77 bits per heavy atom. The SMILES string of the molecule is COc1cccc(CN2C(=O)c3ccccc3C2(O)c2ccc3[nH]c(NC(=O)O)nc3c2)c1.O=C(O)C(F)(F)F. The number of nitrogens with zero attached hydrogens (tertiary/aromatic N) is 2. The number of carbonyl (C=O) groups excluding carboxylic acids is 1. The largest absolute Gasteiger partial charge is 0.497 e. The second-order valence-electron chi connectivity index (χ2n) is 8.51. The number of methoxy groups -OCH3 is 1. The molecule has 5 rings (SSSR count). The van der Waals surface area contributed by atoms with Crippen LogP contribution in [0, 0.1) is 0 Å². The van der Waals surface area contributed by atoms with Gasteiger partial charge in [0.15, 0.2) is 5.72 Å². The summed E-state index contributed by atoms with van der Waals surface area (Å²) < 4.78 is 37.0. The molecule has 11 nitrogen and oxygen atoms in total. The summed E-state index contributed by atoms with van der Waals surface area (Å²) in [7, 11) is 1.57. The quantitative estimate of drug-likeness (QED) is 0.244. The lowest BCUT2D eigenvalue weighted by atomic mass is 9.93. The number of aromatic amines is 1. The zero-order valence-corrected chi connectivity index (χ0v) is 20.6. The Balaban J connectivity index is 0.000000470. The van der Waals surface area contributed by atoms with Crippen LogP contribution >= 0.6 is 0 Å². The summed E-state index contributed by atoms with van der Waals surface area (Å²) in [6, 6.07) is 19.3. The van der Waals surface area contributed by atoms with Gasteiger partial charge in [0.05, 0.1) is 18.1 Å². The first-order chi connectivity index (χ1) is 18.8. The number of H-pyrrole nitrogens is 1. The number of aromatic nitrogens is 2. The number of halogens is 3. The smallest absolute Gasteiger partial charge is 0.490 e. The number of fused-ring (bicyclic) bond motifs is 2. The van der Waals surface area contributed by atoms with Gasteiger partial charge >= 0.3 is 18.2 Å². The van der Waals surface area contributed by atoms with Gasteiger partial charge in [-0.3, -0.25) is 15.0 Å². The van der Waals surface area contributed by atoms with E-state index in [1.54, 1.807) is 49.6 Å². The van der Waals surface area contributed by atoms with Gasteiger partial charge in [0, 0.05) is 23.2 Å². The predicted molar refractivity (Wildman–Crippen MR) is 134 cm³/mol. The fourth-order valence-electron chi connectivity index (χ4n) is 4.25. The highest BCUT2D eigenvalue weighted by Gasteiger charge is 2.49. The second-order valence-corrected chi connectivity index (χ2v) is 8.51. The zero-order valence-electron chi connectivity index (χ0n) is 20.6. The van der Waals surface area contributed by atoms with Crippen molar-refractivity contribution in [3.8, 4) is 5.75 Å². The Kier molecular flexibility index (Phi) is 7.38. The van der Waals surface area contributed by atoms with Crippen LogP contribution in [0.3, 0.4) is 0 Å². The zero-order chi connectivity index (χ0) is 29.2.